The van der Waals surface area contributed by atoms with Gasteiger partial charge in [0.15, 0.2) is 0 Å². The van der Waals surface area contributed by atoms with Gasteiger partial charge in [-0.3, -0.25) is 13.9 Å². The smallest absolute Gasteiger partial charge is 0.354 e. The molecule has 0 bridgehead atoms. The molecule has 1 atom stereocenters. The topological polar surface area (TPSA) is 86.8 Å². The van der Waals surface area contributed by atoms with Crippen molar-refractivity contribution in [1.82, 2.24) is 10.2 Å². The van der Waals surface area contributed by atoms with Gasteiger partial charge in [0, 0.05) is 19.5 Å². The number of benzene rings is 4. The summed E-state index contributed by atoms with van der Waals surface area (Å²) in [6.45, 7) is 2.79. The Kier molecular flexibility index (Phi) is 11.9. The largest absolute Gasteiger partial charge is 0.416 e. The molecule has 0 spiro atoms. The Labute approximate surface area is 282 Å². The molecule has 1 N–H and O–H groups in total. The number of nitrogens with one attached hydrogen (secondary N) is 1. The Morgan fingerprint density at radius 1 is 0.854 bits per heavy atom. The third kappa shape index (κ3) is 9.35. The van der Waals surface area contributed by atoms with Crippen LogP contribution in [0.15, 0.2) is 108 Å². The SMILES string of the molecule is CC(C)CNC(=O)C(Cc1ccccc1)N(Cc1ccc(F)cc1)C(=O)CN(c1cc(C(F)(F)F)ccc1Cl)S(=O)(=O)c1ccccc1. The number of hydrogen-bond donors (Lipinski definition) is 1. The maximum Gasteiger partial charge on any atom is 0.416 e. The van der Waals surface area contributed by atoms with Crippen LogP contribution in [0.2, 0.25) is 5.02 Å². The number of hydrogen-bond acceptors (Lipinski definition) is 4. The van der Waals surface area contributed by atoms with E-state index in [1.165, 1.54) is 48.5 Å². The van der Waals surface area contributed by atoms with Crippen LogP contribution in [0.4, 0.5) is 23.2 Å². The second-order valence-electron chi connectivity index (χ2n) is 11.5. The molecule has 4 aromatic carbocycles. The first kappa shape index (κ1) is 36.4. The van der Waals surface area contributed by atoms with Gasteiger partial charge in [-0.05, 0) is 59.5 Å². The second kappa shape index (κ2) is 15.7. The summed E-state index contributed by atoms with van der Waals surface area (Å²) in [5.74, 6) is -1.92. The number of rotatable bonds is 13. The molecular formula is C35H34ClF4N3O4S. The standard InChI is InChI=1S/C35H34ClF4N3O4S/c1-24(2)21-41-34(45)32(19-25-9-5-3-6-10-25)42(22-26-13-16-28(37)17-14-26)33(44)23-43(48(46,47)29-11-7-4-8-12-29)31-20-27(35(38,39)40)15-18-30(31)36/h3-18,20,24,32H,19,21-23H2,1-2H3,(H,41,45). The maximum absolute atomic E-state index is 14.4. The number of nitrogens with zero attached hydrogens (tertiary/aromatic N) is 2. The molecule has 0 aliphatic rings. The Morgan fingerprint density at radius 2 is 1.46 bits per heavy atom. The van der Waals surface area contributed by atoms with E-state index < -0.39 is 57.7 Å². The van der Waals surface area contributed by atoms with Gasteiger partial charge >= 0.3 is 6.18 Å². The summed E-state index contributed by atoms with van der Waals surface area (Å²) in [5.41, 5.74) is -0.641. The molecule has 1 unspecified atom stereocenters. The Bertz CT molecular complexity index is 1810. The number of anilines is 1. The lowest BCUT2D eigenvalue weighted by Gasteiger charge is -2.34. The maximum atomic E-state index is 14.4. The minimum absolute atomic E-state index is 0.0213. The fraction of sp³-hybridized carbons (Fsp3) is 0.257. The van der Waals surface area contributed by atoms with E-state index in [0.29, 0.717) is 27.6 Å². The Morgan fingerprint density at radius 3 is 2.04 bits per heavy atom. The van der Waals surface area contributed by atoms with Gasteiger partial charge in [-0.25, -0.2) is 12.8 Å². The van der Waals surface area contributed by atoms with Gasteiger partial charge in [0.05, 0.1) is 21.2 Å². The van der Waals surface area contributed by atoms with E-state index in [2.05, 4.69) is 5.32 Å². The van der Waals surface area contributed by atoms with Gasteiger partial charge in [0.2, 0.25) is 11.8 Å². The normalized spacial score (nSPS) is 12.4. The predicted molar refractivity (Wildman–Crippen MR) is 176 cm³/mol. The second-order valence-corrected chi connectivity index (χ2v) is 13.8. The van der Waals surface area contributed by atoms with E-state index in [1.54, 1.807) is 36.4 Å². The van der Waals surface area contributed by atoms with E-state index in [4.69, 9.17) is 11.6 Å². The van der Waals surface area contributed by atoms with Gasteiger partial charge in [0.1, 0.15) is 18.4 Å². The van der Waals surface area contributed by atoms with Crippen molar-refractivity contribution in [2.75, 3.05) is 17.4 Å². The number of alkyl halides is 3. The molecule has 4 rings (SSSR count). The minimum Gasteiger partial charge on any atom is -0.354 e. The Hall–Kier alpha value is -4.42. The van der Waals surface area contributed by atoms with E-state index in [-0.39, 0.29) is 35.3 Å². The van der Waals surface area contributed by atoms with Crippen LogP contribution >= 0.6 is 11.6 Å². The van der Waals surface area contributed by atoms with Crippen molar-refractivity contribution in [2.24, 2.45) is 5.92 Å². The van der Waals surface area contributed by atoms with Gasteiger partial charge in [0.25, 0.3) is 10.0 Å². The summed E-state index contributed by atoms with van der Waals surface area (Å²) in [6, 6.07) is 21.9. The van der Waals surface area contributed by atoms with E-state index in [1.807, 2.05) is 13.8 Å². The first-order chi connectivity index (χ1) is 22.7. The van der Waals surface area contributed by atoms with Gasteiger partial charge in [-0.1, -0.05) is 86.1 Å². The zero-order chi connectivity index (χ0) is 35.1. The fourth-order valence-corrected chi connectivity index (χ4v) is 6.59. The zero-order valence-corrected chi connectivity index (χ0v) is 27.7. The summed E-state index contributed by atoms with van der Waals surface area (Å²) < 4.78 is 83.9. The Balaban J connectivity index is 1.86. The van der Waals surface area contributed by atoms with Crippen LogP contribution in [0.3, 0.4) is 0 Å². The monoisotopic (exact) mass is 703 g/mol. The van der Waals surface area contributed by atoms with E-state index in [0.717, 1.165) is 11.0 Å². The highest BCUT2D eigenvalue weighted by Gasteiger charge is 2.37. The summed E-state index contributed by atoms with van der Waals surface area (Å²) >= 11 is 6.34. The summed E-state index contributed by atoms with van der Waals surface area (Å²) in [7, 11) is -4.69. The molecule has 0 saturated heterocycles. The molecule has 0 radical (unpaired) electrons. The molecule has 0 aliphatic carbocycles. The predicted octanol–water partition coefficient (Wildman–Crippen LogP) is 7.11. The fourth-order valence-electron chi connectivity index (χ4n) is 4.88. The highest BCUT2D eigenvalue weighted by Crippen LogP contribution is 2.37. The molecule has 0 aliphatic heterocycles. The number of halogens is 5. The lowest BCUT2D eigenvalue weighted by Crippen LogP contribution is -2.53. The first-order valence-electron chi connectivity index (χ1n) is 15.0. The van der Waals surface area contributed by atoms with Crippen LogP contribution in [-0.4, -0.2) is 44.3 Å². The molecular weight excluding hydrogens is 670 g/mol. The van der Waals surface area contributed by atoms with Crippen molar-refractivity contribution in [1.29, 1.82) is 0 Å². The molecule has 0 aromatic heterocycles. The molecule has 2 amide bonds. The molecule has 0 saturated carbocycles. The van der Waals surface area contributed by atoms with Crippen molar-refractivity contribution in [3.05, 3.63) is 131 Å². The highest BCUT2D eigenvalue weighted by atomic mass is 35.5. The van der Waals surface area contributed by atoms with Crippen molar-refractivity contribution in [3.63, 3.8) is 0 Å². The summed E-state index contributed by atoms with van der Waals surface area (Å²) in [6.07, 6.45) is -4.83. The number of carbonyl (C=O) groups is 2. The molecule has 13 heteroatoms. The molecule has 4 aromatic rings. The lowest BCUT2D eigenvalue weighted by molar-refractivity contribution is -0.140. The van der Waals surface area contributed by atoms with Gasteiger partial charge in [-0.15, -0.1) is 0 Å². The molecule has 48 heavy (non-hydrogen) atoms. The van der Waals surface area contributed by atoms with Crippen LogP contribution in [-0.2, 0) is 38.8 Å². The van der Waals surface area contributed by atoms with Crippen molar-refractivity contribution < 1.29 is 35.6 Å². The third-order valence-electron chi connectivity index (χ3n) is 7.37. The lowest BCUT2D eigenvalue weighted by atomic mass is 10.0. The summed E-state index contributed by atoms with van der Waals surface area (Å²) in [4.78, 5) is 29.1. The van der Waals surface area contributed by atoms with Crippen LogP contribution in [0, 0.1) is 11.7 Å². The number of amides is 2. The summed E-state index contributed by atoms with van der Waals surface area (Å²) in [5, 5.41) is 2.49. The highest BCUT2D eigenvalue weighted by molar-refractivity contribution is 7.92. The van der Waals surface area contributed by atoms with Crippen LogP contribution < -0.4 is 9.62 Å². The molecule has 0 heterocycles. The average Bonchev–Trinajstić information content (AvgIpc) is 3.05. The van der Waals surface area contributed by atoms with E-state index >= 15 is 0 Å². The van der Waals surface area contributed by atoms with Gasteiger partial charge < -0.3 is 10.2 Å². The van der Waals surface area contributed by atoms with Crippen LogP contribution in [0.25, 0.3) is 0 Å². The number of carbonyl (C=O) groups excluding carboxylic acids is 2. The average molecular weight is 704 g/mol. The van der Waals surface area contributed by atoms with Crippen molar-refractivity contribution >= 4 is 39.1 Å². The van der Waals surface area contributed by atoms with Crippen LogP contribution in [0.1, 0.15) is 30.5 Å². The van der Waals surface area contributed by atoms with Gasteiger partial charge in [-0.2, -0.15) is 13.2 Å². The molecule has 0 fully saturated rings. The third-order valence-corrected chi connectivity index (χ3v) is 9.47. The van der Waals surface area contributed by atoms with Crippen molar-refractivity contribution in [2.45, 2.75) is 43.9 Å². The minimum atomic E-state index is -4.85. The number of sulfonamides is 1. The first-order valence-corrected chi connectivity index (χ1v) is 16.8. The van der Waals surface area contributed by atoms with Crippen molar-refractivity contribution in [3.8, 4) is 0 Å². The quantitative estimate of drug-likeness (QED) is 0.151. The zero-order valence-electron chi connectivity index (χ0n) is 26.1. The van der Waals surface area contributed by atoms with E-state index in [9.17, 15) is 35.6 Å². The van der Waals surface area contributed by atoms with Crippen LogP contribution in [0.5, 0.6) is 0 Å². The molecule has 7 nitrogen and oxygen atoms in total. The molecule has 254 valence electrons.